The number of aliphatic hydroxyl groups excluding tert-OH is 1. The molecular formula is C17H28O7. The monoisotopic (exact) mass is 344 g/mol. The van der Waals surface area contributed by atoms with Crippen molar-refractivity contribution in [2.24, 2.45) is 0 Å². The summed E-state index contributed by atoms with van der Waals surface area (Å²) in [5.41, 5.74) is 0. The summed E-state index contributed by atoms with van der Waals surface area (Å²) in [6, 6.07) is 0. The van der Waals surface area contributed by atoms with Crippen LogP contribution in [-0.2, 0) is 28.5 Å². The Hall–Kier alpha value is -0.730. The predicted molar refractivity (Wildman–Crippen MR) is 83.1 cm³/mol. The molecule has 3 unspecified atom stereocenters. The second-order valence-corrected chi connectivity index (χ2v) is 6.72. The van der Waals surface area contributed by atoms with Crippen LogP contribution >= 0.6 is 0 Å². The lowest BCUT2D eigenvalue weighted by Crippen LogP contribution is -2.46. The average molecular weight is 344 g/mol. The van der Waals surface area contributed by atoms with Gasteiger partial charge in [-0.15, -0.1) is 0 Å². The quantitative estimate of drug-likeness (QED) is 0.731. The molecule has 0 radical (unpaired) electrons. The van der Waals surface area contributed by atoms with Crippen molar-refractivity contribution < 1.29 is 33.6 Å². The van der Waals surface area contributed by atoms with E-state index < -0.39 is 48.1 Å². The maximum Gasteiger partial charge on any atom is 0.338 e. The van der Waals surface area contributed by atoms with Gasteiger partial charge >= 0.3 is 5.97 Å². The topological polar surface area (TPSA) is 83.5 Å². The molecule has 138 valence electrons. The highest BCUT2D eigenvalue weighted by Gasteiger charge is 2.61. The van der Waals surface area contributed by atoms with E-state index >= 15 is 0 Å². The normalized spacial score (nSPS) is 38.1. The summed E-state index contributed by atoms with van der Waals surface area (Å²) in [5.74, 6) is -1.93. The average Bonchev–Trinajstić information content (AvgIpc) is 3.28. The predicted octanol–water partition coefficient (Wildman–Crippen LogP) is 1.50. The van der Waals surface area contributed by atoms with Gasteiger partial charge in [0.1, 0.15) is 18.3 Å². The van der Waals surface area contributed by atoms with E-state index in [2.05, 4.69) is 0 Å². The molecule has 0 aromatic heterocycles. The van der Waals surface area contributed by atoms with E-state index in [1.54, 1.807) is 0 Å². The Labute approximate surface area is 142 Å². The van der Waals surface area contributed by atoms with Crippen LogP contribution in [0.1, 0.15) is 53.4 Å². The van der Waals surface area contributed by atoms with Crippen LogP contribution in [0.3, 0.4) is 0 Å². The van der Waals surface area contributed by atoms with E-state index in [1.165, 1.54) is 0 Å². The fourth-order valence-corrected chi connectivity index (χ4v) is 3.75. The Bertz CT molecular complexity index is 472. The van der Waals surface area contributed by atoms with E-state index in [0.29, 0.717) is 25.7 Å². The number of aliphatic hydroxyl groups is 1. The van der Waals surface area contributed by atoms with Gasteiger partial charge in [0.2, 0.25) is 0 Å². The van der Waals surface area contributed by atoms with Crippen molar-refractivity contribution in [1.29, 1.82) is 0 Å². The largest absolute Gasteiger partial charge is 0.455 e. The smallest absolute Gasteiger partial charge is 0.338 e. The fourth-order valence-electron chi connectivity index (χ4n) is 3.75. The van der Waals surface area contributed by atoms with Crippen LogP contribution < -0.4 is 0 Å². The van der Waals surface area contributed by atoms with Gasteiger partial charge in [-0.25, -0.2) is 4.79 Å². The Kier molecular flexibility index (Phi) is 4.92. The summed E-state index contributed by atoms with van der Waals surface area (Å²) in [6.45, 7) is 8.13. The number of ether oxygens (including phenoxy) is 5. The molecule has 0 bridgehead atoms. The standard InChI is InChI=1S/C17H28O7/c1-5-16(6-2)20-9-10(22-16)11(18)12-13-14(15(19)21-12)24-17(7-3,8-4)23-13/h10-14,18H,5-9H2,1-4H3/t10?,11?,12-,13+,14?/m0/s1. The third kappa shape index (κ3) is 2.76. The minimum atomic E-state index is -1.02. The first-order valence-corrected chi connectivity index (χ1v) is 8.99. The number of fused-ring (bicyclic) bond motifs is 1. The first kappa shape index (κ1) is 18.1. The molecule has 3 aliphatic heterocycles. The molecule has 1 N–H and O–H groups in total. The number of cyclic esters (lactones) is 1. The zero-order valence-corrected chi connectivity index (χ0v) is 14.8. The molecule has 24 heavy (non-hydrogen) atoms. The van der Waals surface area contributed by atoms with Crippen LogP contribution in [0.2, 0.25) is 0 Å². The molecule has 5 atom stereocenters. The highest BCUT2D eigenvalue weighted by atomic mass is 16.8. The molecular weight excluding hydrogens is 316 g/mol. The lowest BCUT2D eigenvalue weighted by atomic mass is 10.0. The maximum atomic E-state index is 12.1. The highest BCUT2D eigenvalue weighted by molar-refractivity contribution is 5.78. The fraction of sp³-hybridized carbons (Fsp3) is 0.941. The molecule has 0 aliphatic carbocycles. The molecule has 3 rings (SSSR count). The lowest BCUT2D eigenvalue weighted by Gasteiger charge is -2.30. The van der Waals surface area contributed by atoms with Crippen LogP contribution in [0.25, 0.3) is 0 Å². The Morgan fingerprint density at radius 1 is 1.04 bits per heavy atom. The lowest BCUT2D eigenvalue weighted by molar-refractivity contribution is -0.221. The van der Waals surface area contributed by atoms with Gasteiger partial charge in [0.05, 0.1) is 6.61 Å². The van der Waals surface area contributed by atoms with E-state index in [0.717, 1.165) is 0 Å². The molecule has 3 heterocycles. The van der Waals surface area contributed by atoms with Crippen molar-refractivity contribution >= 4 is 5.97 Å². The molecule has 0 spiro atoms. The van der Waals surface area contributed by atoms with Crippen LogP contribution in [0.4, 0.5) is 0 Å². The van der Waals surface area contributed by atoms with Crippen molar-refractivity contribution in [2.75, 3.05) is 6.61 Å². The molecule has 3 aliphatic rings. The van der Waals surface area contributed by atoms with Crippen molar-refractivity contribution in [1.82, 2.24) is 0 Å². The second-order valence-electron chi connectivity index (χ2n) is 6.72. The molecule has 0 aromatic rings. The summed E-state index contributed by atoms with van der Waals surface area (Å²) in [5, 5.41) is 10.7. The minimum Gasteiger partial charge on any atom is -0.455 e. The molecule has 3 fully saturated rings. The van der Waals surface area contributed by atoms with Gasteiger partial charge in [0.25, 0.3) is 0 Å². The summed E-state index contributed by atoms with van der Waals surface area (Å²) < 4.78 is 28.9. The maximum absolute atomic E-state index is 12.1. The number of carbonyl (C=O) groups excluding carboxylic acids is 1. The zero-order valence-electron chi connectivity index (χ0n) is 14.8. The number of rotatable bonds is 6. The number of hydrogen-bond donors (Lipinski definition) is 1. The highest BCUT2D eigenvalue weighted by Crippen LogP contribution is 2.42. The molecule has 0 aromatic carbocycles. The number of hydrogen-bond acceptors (Lipinski definition) is 7. The van der Waals surface area contributed by atoms with E-state index in [-0.39, 0.29) is 6.61 Å². The number of carbonyl (C=O) groups is 1. The first-order chi connectivity index (χ1) is 11.4. The van der Waals surface area contributed by atoms with Gasteiger partial charge in [-0.2, -0.15) is 0 Å². The van der Waals surface area contributed by atoms with Crippen LogP contribution in [0, 0.1) is 0 Å². The van der Waals surface area contributed by atoms with Gasteiger partial charge in [0.15, 0.2) is 23.8 Å². The SMILES string of the molecule is CCC1(CC)OCC(C(O)[C@@H]2OC(=O)C3OC(CC)(CC)O[C@@H]32)O1. The van der Waals surface area contributed by atoms with Crippen LogP contribution in [-0.4, -0.2) is 59.8 Å². The Morgan fingerprint density at radius 2 is 1.67 bits per heavy atom. The van der Waals surface area contributed by atoms with E-state index in [4.69, 9.17) is 23.7 Å². The summed E-state index contributed by atoms with van der Waals surface area (Å²) in [6.07, 6.45) is -1.13. The van der Waals surface area contributed by atoms with Gasteiger partial charge < -0.3 is 28.8 Å². The molecule has 3 saturated heterocycles. The van der Waals surface area contributed by atoms with Gasteiger partial charge in [-0.1, -0.05) is 27.7 Å². The van der Waals surface area contributed by atoms with E-state index in [1.807, 2.05) is 27.7 Å². The molecule has 7 nitrogen and oxygen atoms in total. The zero-order chi connectivity index (χ0) is 17.5. The van der Waals surface area contributed by atoms with Crippen LogP contribution in [0.15, 0.2) is 0 Å². The number of esters is 1. The molecule has 0 saturated carbocycles. The minimum absolute atomic E-state index is 0.266. The van der Waals surface area contributed by atoms with Gasteiger partial charge in [-0.05, 0) is 25.7 Å². The second kappa shape index (κ2) is 6.53. The van der Waals surface area contributed by atoms with Crippen LogP contribution in [0.5, 0.6) is 0 Å². The van der Waals surface area contributed by atoms with Crippen molar-refractivity contribution in [2.45, 2.75) is 95.5 Å². The summed E-state index contributed by atoms with van der Waals surface area (Å²) >= 11 is 0. The first-order valence-electron chi connectivity index (χ1n) is 8.99. The van der Waals surface area contributed by atoms with Gasteiger partial charge in [0, 0.05) is 0 Å². The van der Waals surface area contributed by atoms with Crippen molar-refractivity contribution in [3.05, 3.63) is 0 Å². The van der Waals surface area contributed by atoms with Crippen molar-refractivity contribution in [3.8, 4) is 0 Å². The summed E-state index contributed by atoms with van der Waals surface area (Å²) in [4.78, 5) is 12.1. The third-order valence-electron chi connectivity index (χ3n) is 5.55. The van der Waals surface area contributed by atoms with E-state index in [9.17, 15) is 9.90 Å². The third-order valence-corrected chi connectivity index (χ3v) is 5.55. The molecule has 7 heteroatoms. The Morgan fingerprint density at radius 3 is 2.21 bits per heavy atom. The summed E-state index contributed by atoms with van der Waals surface area (Å²) in [7, 11) is 0. The van der Waals surface area contributed by atoms with Crippen molar-refractivity contribution in [3.63, 3.8) is 0 Å². The molecule has 0 amide bonds. The Balaban J connectivity index is 1.72. The van der Waals surface area contributed by atoms with Gasteiger partial charge in [-0.3, -0.25) is 0 Å².